The number of hydrogen-bond donors (Lipinski definition) is 2. The third-order valence-corrected chi connectivity index (χ3v) is 8.27. The van der Waals surface area contributed by atoms with Gasteiger partial charge in [-0.1, -0.05) is 143 Å². The molecule has 0 amide bonds. The number of aromatic hydroxyl groups is 2. The van der Waals surface area contributed by atoms with Crippen molar-refractivity contribution in [2.45, 2.75) is 188 Å². The molecule has 0 heterocycles. The smallest absolute Gasteiger partial charge is 0.201 e. The second kappa shape index (κ2) is 24.4. The lowest BCUT2D eigenvalue weighted by atomic mass is 9.88. The summed E-state index contributed by atoms with van der Waals surface area (Å²) in [6.07, 6.45) is 30.4. The van der Waals surface area contributed by atoms with Crippen molar-refractivity contribution in [3.63, 3.8) is 0 Å². The maximum absolute atomic E-state index is 11.2. The minimum Gasteiger partial charge on any atom is -0.504 e. The van der Waals surface area contributed by atoms with Crippen molar-refractivity contribution in [1.29, 1.82) is 0 Å². The number of unbranched alkanes of at least 4 members (excludes halogenated alkanes) is 18. The van der Waals surface area contributed by atoms with Crippen molar-refractivity contribution in [2.24, 2.45) is 0 Å². The Hall–Kier alpha value is -1.38. The molecular formula is C36H66O3. The lowest BCUT2D eigenvalue weighted by Crippen LogP contribution is -2.08. The molecule has 0 radical (unpaired) electrons. The van der Waals surface area contributed by atoms with E-state index in [4.69, 9.17) is 4.74 Å². The minimum atomic E-state index is -0.0114. The molecule has 0 aromatic heterocycles. The second-order valence-corrected chi connectivity index (χ2v) is 11.9. The first-order valence-electron chi connectivity index (χ1n) is 17.3. The Morgan fingerprint density at radius 2 is 0.744 bits per heavy atom. The molecule has 3 heteroatoms. The topological polar surface area (TPSA) is 49.7 Å². The van der Waals surface area contributed by atoms with Crippen LogP contribution in [0.15, 0.2) is 0 Å². The highest BCUT2D eigenvalue weighted by atomic mass is 16.5. The summed E-state index contributed by atoms with van der Waals surface area (Å²) in [4.78, 5) is 0. The zero-order chi connectivity index (χ0) is 28.6. The molecule has 0 unspecified atom stereocenters. The van der Waals surface area contributed by atoms with Crippen LogP contribution >= 0.6 is 0 Å². The molecule has 0 saturated heterocycles. The predicted molar refractivity (Wildman–Crippen MR) is 171 cm³/mol. The fourth-order valence-corrected chi connectivity index (χ4v) is 5.83. The lowest BCUT2D eigenvalue weighted by Gasteiger charge is -2.22. The molecule has 2 N–H and O–H groups in total. The standard InChI is InChI=1S/C36H66O3/c1-5-9-12-15-18-21-24-27-31-32(28-25-22-19-16-13-10-6-2)34(37)35(38)36(39-30-8-4)33(31)29-26-23-20-17-14-11-7-3/h37-38H,5-30H2,1-4H3. The summed E-state index contributed by atoms with van der Waals surface area (Å²) in [6.45, 7) is 9.48. The van der Waals surface area contributed by atoms with Gasteiger partial charge in [0.1, 0.15) is 0 Å². The van der Waals surface area contributed by atoms with Gasteiger partial charge in [-0.25, -0.2) is 0 Å². The molecule has 0 aliphatic rings. The number of phenols is 2. The van der Waals surface area contributed by atoms with Crippen LogP contribution in [-0.2, 0) is 19.3 Å². The van der Waals surface area contributed by atoms with E-state index in [2.05, 4.69) is 27.7 Å². The summed E-state index contributed by atoms with van der Waals surface area (Å²) in [5.41, 5.74) is 3.49. The van der Waals surface area contributed by atoms with Crippen LogP contribution in [0.1, 0.15) is 186 Å². The molecule has 0 saturated carbocycles. The molecule has 1 aromatic rings. The number of rotatable bonds is 27. The van der Waals surface area contributed by atoms with Crippen molar-refractivity contribution >= 4 is 0 Å². The van der Waals surface area contributed by atoms with Gasteiger partial charge >= 0.3 is 0 Å². The maximum atomic E-state index is 11.2. The van der Waals surface area contributed by atoms with E-state index in [9.17, 15) is 10.2 Å². The zero-order valence-corrected chi connectivity index (χ0v) is 26.7. The average Bonchev–Trinajstić information content (AvgIpc) is 2.94. The van der Waals surface area contributed by atoms with E-state index < -0.39 is 0 Å². The van der Waals surface area contributed by atoms with Gasteiger partial charge in [0.05, 0.1) is 6.61 Å². The highest BCUT2D eigenvalue weighted by molar-refractivity contribution is 5.62. The van der Waals surface area contributed by atoms with E-state index in [1.165, 1.54) is 127 Å². The van der Waals surface area contributed by atoms with E-state index in [0.717, 1.165) is 50.5 Å². The maximum Gasteiger partial charge on any atom is 0.201 e. The normalized spacial score (nSPS) is 11.4. The molecule has 0 fully saturated rings. The molecule has 228 valence electrons. The van der Waals surface area contributed by atoms with Crippen LogP contribution < -0.4 is 4.74 Å². The molecular weight excluding hydrogens is 480 g/mol. The predicted octanol–water partition coefficient (Wildman–Crippen LogP) is 11.8. The quantitative estimate of drug-likeness (QED) is 0.0852. The summed E-state index contributed by atoms with van der Waals surface area (Å²) in [5, 5.41) is 22.3. The van der Waals surface area contributed by atoms with Crippen LogP contribution in [0.4, 0.5) is 0 Å². The fraction of sp³-hybridized carbons (Fsp3) is 0.833. The van der Waals surface area contributed by atoms with E-state index in [1.807, 2.05) is 0 Å². The Labute approximate surface area is 243 Å². The third-order valence-electron chi connectivity index (χ3n) is 8.27. The average molecular weight is 547 g/mol. The summed E-state index contributed by atoms with van der Waals surface area (Å²) >= 11 is 0. The summed E-state index contributed by atoms with van der Waals surface area (Å²) in [5.74, 6) is 0.651. The van der Waals surface area contributed by atoms with Crippen LogP contribution in [0.5, 0.6) is 17.2 Å². The first-order chi connectivity index (χ1) is 19.1. The largest absolute Gasteiger partial charge is 0.504 e. The van der Waals surface area contributed by atoms with Gasteiger partial charge in [-0.05, 0) is 50.5 Å². The highest BCUT2D eigenvalue weighted by Gasteiger charge is 2.24. The third kappa shape index (κ3) is 15.3. The van der Waals surface area contributed by atoms with Gasteiger partial charge in [0.15, 0.2) is 11.5 Å². The van der Waals surface area contributed by atoms with Gasteiger partial charge in [0.25, 0.3) is 0 Å². The first-order valence-corrected chi connectivity index (χ1v) is 17.3. The second-order valence-electron chi connectivity index (χ2n) is 11.9. The Morgan fingerprint density at radius 1 is 0.385 bits per heavy atom. The van der Waals surface area contributed by atoms with Gasteiger partial charge in [-0.15, -0.1) is 0 Å². The molecule has 0 aliphatic carbocycles. The Morgan fingerprint density at radius 3 is 1.15 bits per heavy atom. The first kappa shape index (κ1) is 35.6. The molecule has 0 aliphatic heterocycles. The lowest BCUT2D eigenvalue weighted by molar-refractivity contribution is 0.287. The van der Waals surface area contributed by atoms with Gasteiger partial charge in [0, 0.05) is 11.1 Å². The molecule has 0 spiro atoms. The molecule has 3 nitrogen and oxygen atoms in total. The van der Waals surface area contributed by atoms with Gasteiger partial charge < -0.3 is 14.9 Å². The van der Waals surface area contributed by atoms with Crippen LogP contribution in [-0.4, -0.2) is 16.8 Å². The fourth-order valence-electron chi connectivity index (χ4n) is 5.83. The Bertz CT molecular complexity index is 712. The molecule has 1 aromatic carbocycles. The van der Waals surface area contributed by atoms with E-state index in [-0.39, 0.29) is 11.5 Å². The van der Waals surface area contributed by atoms with Gasteiger partial charge in [0.2, 0.25) is 5.75 Å². The molecule has 0 atom stereocenters. The van der Waals surface area contributed by atoms with Crippen molar-refractivity contribution in [2.75, 3.05) is 6.61 Å². The van der Waals surface area contributed by atoms with Gasteiger partial charge in [-0.3, -0.25) is 0 Å². The summed E-state index contributed by atoms with van der Waals surface area (Å²) < 4.78 is 6.15. The van der Waals surface area contributed by atoms with Crippen LogP contribution in [0, 0.1) is 0 Å². The number of phenolic OH excluding ortho intramolecular Hbond substituents is 2. The summed E-state index contributed by atoms with van der Waals surface area (Å²) in [7, 11) is 0. The summed E-state index contributed by atoms with van der Waals surface area (Å²) in [6, 6.07) is 0. The van der Waals surface area contributed by atoms with Gasteiger partial charge in [-0.2, -0.15) is 0 Å². The molecule has 39 heavy (non-hydrogen) atoms. The van der Waals surface area contributed by atoms with Crippen LogP contribution in [0.2, 0.25) is 0 Å². The van der Waals surface area contributed by atoms with Crippen molar-refractivity contribution in [3.05, 3.63) is 16.7 Å². The number of benzene rings is 1. The highest BCUT2D eigenvalue weighted by Crippen LogP contribution is 2.46. The van der Waals surface area contributed by atoms with Crippen molar-refractivity contribution in [1.82, 2.24) is 0 Å². The minimum absolute atomic E-state index is 0.0114. The number of hydrogen-bond acceptors (Lipinski definition) is 3. The van der Waals surface area contributed by atoms with E-state index >= 15 is 0 Å². The Balaban J connectivity index is 3.04. The monoisotopic (exact) mass is 547 g/mol. The van der Waals surface area contributed by atoms with E-state index in [1.54, 1.807) is 0 Å². The van der Waals surface area contributed by atoms with Crippen molar-refractivity contribution < 1.29 is 14.9 Å². The molecule has 0 bridgehead atoms. The van der Waals surface area contributed by atoms with Crippen molar-refractivity contribution in [3.8, 4) is 17.2 Å². The Kier molecular flexibility index (Phi) is 22.3. The molecule has 1 rings (SSSR count). The number of ether oxygens (including phenoxy) is 1. The zero-order valence-electron chi connectivity index (χ0n) is 26.7. The van der Waals surface area contributed by atoms with Crippen LogP contribution in [0.25, 0.3) is 0 Å². The van der Waals surface area contributed by atoms with Crippen LogP contribution in [0.3, 0.4) is 0 Å². The van der Waals surface area contributed by atoms with E-state index in [0.29, 0.717) is 12.4 Å². The SMILES string of the molecule is CCCCCCCCCc1c(O)c(O)c(OCCC)c(CCCCCCCCC)c1CCCCCCCCC.